The van der Waals surface area contributed by atoms with Crippen LogP contribution in [0.5, 0.6) is 0 Å². The molecule has 0 aromatic heterocycles. The zero-order valence-electron chi connectivity index (χ0n) is 7.41. The summed E-state index contributed by atoms with van der Waals surface area (Å²) in [7, 11) is 0. The van der Waals surface area contributed by atoms with Gasteiger partial charge in [-0.25, -0.2) is 0 Å². The summed E-state index contributed by atoms with van der Waals surface area (Å²) in [4.78, 5) is 9.78. The molecular weight excluding hydrogens is 194 g/mol. The lowest BCUT2D eigenvalue weighted by atomic mass is 9.77. The van der Waals surface area contributed by atoms with Gasteiger partial charge in [0.25, 0.3) is 0 Å². The van der Waals surface area contributed by atoms with Crippen LogP contribution in [0.15, 0.2) is 0 Å². The molecule has 4 N–H and O–H groups in total. The Balaban J connectivity index is 2.93. The van der Waals surface area contributed by atoms with Crippen LogP contribution in [0, 0.1) is 10.1 Å². The Morgan fingerprint density at radius 1 is 1.43 bits per heavy atom. The quantitative estimate of drug-likeness (QED) is 0.303. The van der Waals surface area contributed by atoms with Crippen molar-refractivity contribution in [2.75, 3.05) is 6.61 Å². The van der Waals surface area contributed by atoms with Crippen LogP contribution in [0.25, 0.3) is 0 Å². The Labute approximate surface area is 79.8 Å². The fourth-order valence-electron chi connectivity index (χ4n) is 1.75. The van der Waals surface area contributed by atoms with Crippen LogP contribution < -0.4 is 0 Å². The van der Waals surface area contributed by atoms with E-state index in [1.807, 2.05) is 0 Å². The smallest absolute Gasteiger partial charge is 0.246 e. The van der Waals surface area contributed by atoms with Crippen LogP contribution in [0.3, 0.4) is 0 Å². The number of rotatable bonds is 2. The van der Waals surface area contributed by atoms with Gasteiger partial charge in [-0.2, -0.15) is 0 Å². The molecule has 1 fully saturated rings. The zero-order valence-corrected chi connectivity index (χ0v) is 7.41. The molecule has 82 valence electrons. The Morgan fingerprint density at radius 2 is 2.00 bits per heavy atom. The maximum absolute atomic E-state index is 10.5. The van der Waals surface area contributed by atoms with Crippen LogP contribution in [0.2, 0.25) is 0 Å². The molecule has 0 saturated heterocycles. The first-order valence-electron chi connectivity index (χ1n) is 4.26. The van der Waals surface area contributed by atoms with Gasteiger partial charge in [0.15, 0.2) is 5.60 Å². The van der Waals surface area contributed by atoms with Crippen LogP contribution in [0.4, 0.5) is 0 Å². The monoisotopic (exact) mass is 207 g/mol. The van der Waals surface area contributed by atoms with Gasteiger partial charge in [0.1, 0.15) is 6.10 Å². The number of aliphatic hydroxyl groups is 4. The molecular formula is C7H13NO6. The van der Waals surface area contributed by atoms with Gasteiger partial charge < -0.3 is 20.4 Å². The van der Waals surface area contributed by atoms with Crippen molar-refractivity contribution in [2.24, 2.45) is 0 Å². The second-order valence-corrected chi connectivity index (χ2v) is 3.54. The van der Waals surface area contributed by atoms with Crippen molar-refractivity contribution in [2.45, 2.75) is 36.7 Å². The fourth-order valence-corrected chi connectivity index (χ4v) is 1.75. The Hall–Kier alpha value is -0.760. The minimum atomic E-state index is -2.25. The number of hydrogen-bond acceptors (Lipinski definition) is 6. The van der Waals surface area contributed by atoms with Crippen molar-refractivity contribution >= 4 is 0 Å². The molecule has 0 aliphatic heterocycles. The van der Waals surface area contributed by atoms with Crippen LogP contribution in [-0.4, -0.2) is 55.8 Å². The maximum atomic E-state index is 10.5. The predicted octanol–water partition coefficient (Wildman–Crippen LogP) is -2.13. The molecule has 0 bridgehead atoms. The number of hydrogen-bond donors (Lipinski definition) is 4. The van der Waals surface area contributed by atoms with Gasteiger partial charge in [-0.15, -0.1) is 0 Å². The zero-order chi connectivity index (χ0) is 10.9. The molecule has 1 aliphatic rings. The average molecular weight is 207 g/mol. The van der Waals surface area contributed by atoms with Crippen LogP contribution in [-0.2, 0) is 0 Å². The Bertz CT molecular complexity index is 234. The highest BCUT2D eigenvalue weighted by atomic mass is 16.6. The van der Waals surface area contributed by atoms with E-state index in [4.69, 9.17) is 5.11 Å². The summed E-state index contributed by atoms with van der Waals surface area (Å²) in [6, 6.07) is -1.44. The first kappa shape index (κ1) is 11.3. The van der Waals surface area contributed by atoms with E-state index >= 15 is 0 Å². The van der Waals surface area contributed by atoms with E-state index in [9.17, 15) is 25.4 Å². The fraction of sp³-hybridized carbons (Fsp3) is 1.00. The third-order valence-electron chi connectivity index (χ3n) is 2.70. The Morgan fingerprint density at radius 3 is 2.43 bits per heavy atom. The SMILES string of the molecule is O=[N+]([O-])[C@@H]1CC[C@@H](O)[C@H](O)[C@@]1(O)CO. The van der Waals surface area contributed by atoms with Gasteiger partial charge >= 0.3 is 0 Å². The summed E-state index contributed by atoms with van der Waals surface area (Å²) in [5, 5.41) is 47.6. The third kappa shape index (κ3) is 1.59. The molecule has 7 nitrogen and oxygen atoms in total. The van der Waals surface area contributed by atoms with E-state index in [1.54, 1.807) is 0 Å². The standard InChI is InChI=1S/C7H13NO6/c9-3-7(12)5(8(13)14)2-1-4(10)6(7)11/h4-6,9-12H,1-3H2/t4-,5-,6+,7-/m1/s1. The first-order valence-corrected chi connectivity index (χ1v) is 4.26. The number of nitro groups is 1. The summed E-state index contributed by atoms with van der Waals surface area (Å²) >= 11 is 0. The highest BCUT2D eigenvalue weighted by Crippen LogP contribution is 2.30. The van der Waals surface area contributed by atoms with Crippen molar-refractivity contribution in [3.8, 4) is 0 Å². The lowest BCUT2D eigenvalue weighted by Gasteiger charge is -2.39. The summed E-state index contributed by atoms with van der Waals surface area (Å²) in [6.07, 6.45) is -2.95. The second kappa shape index (κ2) is 3.77. The Kier molecular flexibility index (Phi) is 3.05. The molecule has 0 radical (unpaired) electrons. The van der Waals surface area contributed by atoms with Crippen molar-refractivity contribution < 1.29 is 25.3 Å². The van der Waals surface area contributed by atoms with Crippen LogP contribution >= 0.6 is 0 Å². The van der Waals surface area contributed by atoms with E-state index in [1.165, 1.54) is 0 Å². The highest BCUT2D eigenvalue weighted by molar-refractivity contribution is 5.00. The molecule has 0 spiro atoms. The van der Waals surface area contributed by atoms with Gasteiger partial charge in [-0.1, -0.05) is 0 Å². The summed E-state index contributed by atoms with van der Waals surface area (Å²) in [5.41, 5.74) is -2.25. The number of aliphatic hydroxyl groups excluding tert-OH is 3. The molecule has 1 rings (SSSR count). The van der Waals surface area contributed by atoms with Crippen LogP contribution in [0.1, 0.15) is 12.8 Å². The number of nitrogens with zero attached hydrogens (tertiary/aromatic N) is 1. The van der Waals surface area contributed by atoms with Gasteiger partial charge in [-0.3, -0.25) is 10.1 Å². The minimum Gasteiger partial charge on any atom is -0.393 e. The molecule has 0 unspecified atom stereocenters. The summed E-state index contributed by atoms with van der Waals surface area (Å²) < 4.78 is 0. The molecule has 0 amide bonds. The van der Waals surface area contributed by atoms with Gasteiger partial charge in [0.05, 0.1) is 12.7 Å². The molecule has 1 aliphatic carbocycles. The van der Waals surface area contributed by atoms with E-state index in [2.05, 4.69) is 0 Å². The average Bonchev–Trinajstić information content (AvgIpc) is 2.13. The topological polar surface area (TPSA) is 124 Å². The predicted molar refractivity (Wildman–Crippen MR) is 44.1 cm³/mol. The highest BCUT2D eigenvalue weighted by Gasteiger charge is 2.56. The molecule has 1 saturated carbocycles. The lowest BCUT2D eigenvalue weighted by Crippen LogP contribution is -2.64. The molecule has 0 heterocycles. The normalized spacial score (nSPS) is 43.6. The summed E-state index contributed by atoms with van der Waals surface area (Å²) in [5.74, 6) is 0. The molecule has 0 aromatic rings. The molecule has 14 heavy (non-hydrogen) atoms. The van der Waals surface area contributed by atoms with Crippen molar-refractivity contribution in [3.05, 3.63) is 10.1 Å². The maximum Gasteiger partial charge on any atom is 0.246 e. The molecule has 0 aromatic carbocycles. The van der Waals surface area contributed by atoms with Crippen molar-refractivity contribution in [1.82, 2.24) is 0 Å². The lowest BCUT2D eigenvalue weighted by molar-refractivity contribution is -0.557. The van der Waals surface area contributed by atoms with E-state index in [0.29, 0.717) is 0 Å². The minimum absolute atomic E-state index is 0.0368. The first-order chi connectivity index (χ1) is 6.43. The van der Waals surface area contributed by atoms with Crippen molar-refractivity contribution in [1.29, 1.82) is 0 Å². The third-order valence-corrected chi connectivity index (χ3v) is 2.70. The van der Waals surface area contributed by atoms with E-state index < -0.39 is 35.4 Å². The second-order valence-electron chi connectivity index (χ2n) is 3.54. The largest absolute Gasteiger partial charge is 0.393 e. The van der Waals surface area contributed by atoms with Gasteiger partial charge in [0, 0.05) is 11.3 Å². The molecule has 4 atom stereocenters. The summed E-state index contributed by atoms with van der Waals surface area (Å²) in [6.45, 7) is -0.948. The van der Waals surface area contributed by atoms with Gasteiger partial charge in [0.2, 0.25) is 6.04 Å². The van der Waals surface area contributed by atoms with E-state index in [-0.39, 0.29) is 12.8 Å². The van der Waals surface area contributed by atoms with Crippen molar-refractivity contribution in [3.63, 3.8) is 0 Å². The van der Waals surface area contributed by atoms with Gasteiger partial charge in [-0.05, 0) is 6.42 Å². The molecule has 7 heteroatoms. The van der Waals surface area contributed by atoms with E-state index in [0.717, 1.165) is 0 Å².